The van der Waals surface area contributed by atoms with Crippen molar-refractivity contribution in [3.05, 3.63) is 57.8 Å². The van der Waals surface area contributed by atoms with Crippen LogP contribution in [0.2, 0.25) is 0 Å². The van der Waals surface area contributed by atoms with E-state index in [9.17, 15) is 4.79 Å². The number of carbonyl (C=O) groups excluding carboxylic acids is 1. The molecule has 0 spiro atoms. The summed E-state index contributed by atoms with van der Waals surface area (Å²) >= 11 is 1.74. The Labute approximate surface area is 142 Å². The normalized spacial score (nSPS) is 12.5. The van der Waals surface area contributed by atoms with E-state index in [2.05, 4.69) is 40.9 Å². The fourth-order valence-corrected chi connectivity index (χ4v) is 3.43. The average molecular weight is 331 g/mol. The molecule has 2 aromatic rings. The Morgan fingerprint density at radius 2 is 1.91 bits per heavy atom. The van der Waals surface area contributed by atoms with Crippen LogP contribution in [0.4, 0.5) is 0 Å². The van der Waals surface area contributed by atoms with Gasteiger partial charge in [-0.1, -0.05) is 26.0 Å². The molecule has 1 atom stereocenters. The summed E-state index contributed by atoms with van der Waals surface area (Å²) in [6, 6.07) is 10.0. The molecule has 2 rings (SSSR count). The van der Waals surface area contributed by atoms with Gasteiger partial charge in [0.15, 0.2) is 0 Å². The number of nitrogens with one attached hydrogen (secondary N) is 1. The number of carbonyl (C=O) groups is 1. The van der Waals surface area contributed by atoms with Crippen LogP contribution in [0.15, 0.2) is 41.1 Å². The summed E-state index contributed by atoms with van der Waals surface area (Å²) < 4.78 is 0. The molecule has 1 aromatic carbocycles. The van der Waals surface area contributed by atoms with Crippen molar-refractivity contribution in [3.63, 3.8) is 0 Å². The topological polar surface area (TPSA) is 58.4 Å². The molecule has 1 aromatic heterocycles. The van der Waals surface area contributed by atoms with Crippen LogP contribution in [0.1, 0.15) is 41.4 Å². The molecule has 3 N–H and O–H groups in total. The van der Waals surface area contributed by atoms with Gasteiger partial charge in [0.25, 0.3) is 0 Å². The first-order valence-electron chi connectivity index (χ1n) is 8.01. The second kappa shape index (κ2) is 8.82. The SMILES string of the molecule is CCN(CC)C(CNCc1ccc(C(N)=O)cc1)c1ccsc1. The van der Waals surface area contributed by atoms with Gasteiger partial charge in [0.2, 0.25) is 5.91 Å². The van der Waals surface area contributed by atoms with Gasteiger partial charge in [0.1, 0.15) is 0 Å². The van der Waals surface area contributed by atoms with E-state index in [1.165, 1.54) is 5.56 Å². The van der Waals surface area contributed by atoms with Crippen LogP contribution >= 0.6 is 11.3 Å². The van der Waals surface area contributed by atoms with Gasteiger partial charge in [-0.25, -0.2) is 0 Å². The highest BCUT2D eigenvalue weighted by Gasteiger charge is 2.17. The molecular weight excluding hydrogens is 306 g/mol. The average Bonchev–Trinajstić information content (AvgIpc) is 3.09. The van der Waals surface area contributed by atoms with Gasteiger partial charge in [0.05, 0.1) is 0 Å². The molecule has 0 bridgehead atoms. The molecule has 23 heavy (non-hydrogen) atoms. The maximum absolute atomic E-state index is 11.1. The Balaban J connectivity index is 1.94. The third-order valence-electron chi connectivity index (χ3n) is 4.09. The maximum Gasteiger partial charge on any atom is 0.248 e. The molecule has 0 aliphatic rings. The standard InChI is InChI=1S/C18H25N3OS/c1-3-21(4-2)17(16-9-10-23-13-16)12-20-11-14-5-7-15(8-6-14)18(19)22/h5-10,13,17,20H,3-4,11-12H2,1-2H3,(H2,19,22). The summed E-state index contributed by atoms with van der Waals surface area (Å²) in [6.45, 7) is 8.14. The van der Waals surface area contributed by atoms with Crippen molar-refractivity contribution in [2.24, 2.45) is 5.73 Å². The van der Waals surface area contributed by atoms with Crippen LogP contribution < -0.4 is 11.1 Å². The second-order valence-corrected chi connectivity index (χ2v) is 6.27. The van der Waals surface area contributed by atoms with E-state index in [1.54, 1.807) is 23.5 Å². The molecule has 0 aliphatic carbocycles. The minimum absolute atomic E-state index is 0.386. The number of hydrogen-bond donors (Lipinski definition) is 2. The monoisotopic (exact) mass is 331 g/mol. The van der Waals surface area contributed by atoms with Crippen molar-refractivity contribution < 1.29 is 4.79 Å². The summed E-state index contributed by atoms with van der Waals surface area (Å²) in [5.41, 5.74) is 8.33. The zero-order valence-electron chi connectivity index (χ0n) is 13.8. The van der Waals surface area contributed by atoms with Crippen molar-refractivity contribution >= 4 is 17.2 Å². The van der Waals surface area contributed by atoms with Crippen LogP contribution in [-0.4, -0.2) is 30.4 Å². The van der Waals surface area contributed by atoms with Crippen molar-refractivity contribution in [3.8, 4) is 0 Å². The number of rotatable bonds is 9. The largest absolute Gasteiger partial charge is 0.366 e. The fraction of sp³-hybridized carbons (Fsp3) is 0.389. The molecular formula is C18H25N3OS. The predicted molar refractivity (Wildman–Crippen MR) is 96.6 cm³/mol. The van der Waals surface area contributed by atoms with Gasteiger partial charge < -0.3 is 11.1 Å². The Morgan fingerprint density at radius 1 is 1.22 bits per heavy atom. The van der Waals surface area contributed by atoms with E-state index < -0.39 is 0 Å². The first-order chi connectivity index (χ1) is 11.2. The zero-order chi connectivity index (χ0) is 16.7. The Morgan fingerprint density at radius 3 is 2.43 bits per heavy atom. The van der Waals surface area contributed by atoms with Gasteiger partial charge in [-0.05, 0) is 53.2 Å². The van der Waals surface area contributed by atoms with Crippen LogP contribution in [0.25, 0.3) is 0 Å². The molecule has 1 heterocycles. The van der Waals surface area contributed by atoms with E-state index in [0.29, 0.717) is 11.6 Å². The van der Waals surface area contributed by atoms with Crippen molar-refractivity contribution in [2.75, 3.05) is 19.6 Å². The summed E-state index contributed by atoms with van der Waals surface area (Å²) in [7, 11) is 0. The van der Waals surface area contributed by atoms with Crippen LogP contribution in [0.3, 0.4) is 0 Å². The summed E-state index contributed by atoms with van der Waals surface area (Å²) in [4.78, 5) is 13.6. The number of nitrogens with zero attached hydrogens (tertiary/aromatic N) is 1. The lowest BCUT2D eigenvalue weighted by molar-refractivity contribution is 0.100. The highest BCUT2D eigenvalue weighted by atomic mass is 32.1. The second-order valence-electron chi connectivity index (χ2n) is 5.49. The highest BCUT2D eigenvalue weighted by molar-refractivity contribution is 7.07. The fourth-order valence-electron chi connectivity index (χ4n) is 2.73. The van der Waals surface area contributed by atoms with Crippen LogP contribution in [-0.2, 0) is 6.54 Å². The minimum atomic E-state index is -0.386. The quantitative estimate of drug-likeness (QED) is 0.742. The van der Waals surface area contributed by atoms with Gasteiger partial charge in [-0.2, -0.15) is 11.3 Å². The number of benzene rings is 1. The Kier molecular flexibility index (Phi) is 6.77. The molecule has 0 aliphatic heterocycles. The highest BCUT2D eigenvalue weighted by Crippen LogP contribution is 2.22. The molecule has 4 nitrogen and oxygen atoms in total. The number of thiophene rings is 1. The van der Waals surface area contributed by atoms with E-state index in [0.717, 1.165) is 31.7 Å². The van der Waals surface area contributed by atoms with Crippen molar-refractivity contribution in [2.45, 2.75) is 26.4 Å². The number of nitrogens with two attached hydrogens (primary N) is 1. The summed E-state index contributed by atoms with van der Waals surface area (Å²) in [5, 5.41) is 7.90. The first kappa shape index (κ1) is 17.7. The Hall–Kier alpha value is -1.69. The molecule has 0 radical (unpaired) electrons. The zero-order valence-corrected chi connectivity index (χ0v) is 14.6. The lowest BCUT2D eigenvalue weighted by atomic mass is 10.1. The number of amides is 1. The summed E-state index contributed by atoms with van der Waals surface area (Å²) in [6.07, 6.45) is 0. The predicted octanol–water partition coefficient (Wildman–Crippen LogP) is 3.02. The maximum atomic E-state index is 11.1. The van der Waals surface area contributed by atoms with Crippen LogP contribution in [0.5, 0.6) is 0 Å². The molecule has 1 unspecified atom stereocenters. The van der Waals surface area contributed by atoms with E-state index in [-0.39, 0.29) is 5.91 Å². The van der Waals surface area contributed by atoms with Gasteiger partial charge in [-0.3, -0.25) is 9.69 Å². The molecule has 1 amide bonds. The third-order valence-corrected chi connectivity index (χ3v) is 4.79. The number of hydrogen-bond acceptors (Lipinski definition) is 4. The number of primary amides is 1. The minimum Gasteiger partial charge on any atom is -0.366 e. The van der Waals surface area contributed by atoms with Crippen molar-refractivity contribution in [1.29, 1.82) is 0 Å². The lowest BCUT2D eigenvalue weighted by Gasteiger charge is -2.29. The molecule has 5 heteroatoms. The molecule has 0 saturated heterocycles. The first-order valence-corrected chi connectivity index (χ1v) is 8.95. The molecule has 0 saturated carbocycles. The smallest absolute Gasteiger partial charge is 0.248 e. The summed E-state index contributed by atoms with van der Waals surface area (Å²) in [5.74, 6) is -0.386. The van der Waals surface area contributed by atoms with E-state index in [4.69, 9.17) is 5.73 Å². The van der Waals surface area contributed by atoms with Gasteiger partial charge >= 0.3 is 0 Å². The van der Waals surface area contributed by atoms with E-state index in [1.807, 2.05) is 12.1 Å². The molecule has 124 valence electrons. The van der Waals surface area contributed by atoms with Gasteiger partial charge in [-0.15, -0.1) is 0 Å². The van der Waals surface area contributed by atoms with Gasteiger partial charge in [0, 0.05) is 24.7 Å². The van der Waals surface area contributed by atoms with Crippen molar-refractivity contribution in [1.82, 2.24) is 10.2 Å². The molecule has 0 fully saturated rings. The Bertz CT molecular complexity index is 591. The number of likely N-dealkylation sites (N-methyl/N-ethyl adjacent to an activating group) is 1. The van der Waals surface area contributed by atoms with E-state index >= 15 is 0 Å². The van der Waals surface area contributed by atoms with Crippen LogP contribution in [0, 0.1) is 0 Å². The lowest BCUT2D eigenvalue weighted by Crippen LogP contribution is -2.35. The third kappa shape index (κ3) is 4.89.